The van der Waals surface area contributed by atoms with E-state index in [1.54, 1.807) is 6.07 Å². The summed E-state index contributed by atoms with van der Waals surface area (Å²) in [5.41, 5.74) is 1.95. The van der Waals surface area contributed by atoms with Crippen molar-refractivity contribution in [2.75, 3.05) is 13.6 Å². The Morgan fingerprint density at radius 2 is 2.04 bits per heavy atom. The zero-order valence-corrected chi connectivity index (χ0v) is 15.9. The van der Waals surface area contributed by atoms with Crippen molar-refractivity contribution >= 4 is 29.2 Å². The lowest BCUT2D eigenvalue weighted by Gasteiger charge is -2.22. The maximum absolute atomic E-state index is 6.08. The molecule has 0 spiro atoms. The van der Waals surface area contributed by atoms with Gasteiger partial charge in [-0.3, -0.25) is 0 Å². The van der Waals surface area contributed by atoms with Crippen molar-refractivity contribution in [1.82, 2.24) is 15.2 Å². The largest absolute Gasteiger partial charge is 0.444 e. The second-order valence-corrected chi connectivity index (χ2v) is 6.34. The van der Waals surface area contributed by atoms with Gasteiger partial charge in [0.05, 0.1) is 15.7 Å². The van der Waals surface area contributed by atoms with Crippen LogP contribution in [0.15, 0.2) is 27.6 Å². The average Bonchev–Trinajstić information content (AvgIpc) is 2.85. The van der Waals surface area contributed by atoms with Crippen LogP contribution in [0.2, 0.25) is 10.0 Å². The maximum Gasteiger partial charge on any atom is 0.216 e. The standard InChI is InChI=1S/C17H22Cl2N4O/c1-5-20-17(21-9-16-22-11(2)12(3)24-16)23(4)10-13-6-7-14(18)15(19)8-13/h6-8H,5,9-10H2,1-4H3,(H,20,21). The highest BCUT2D eigenvalue weighted by atomic mass is 35.5. The third-order valence-corrected chi connectivity index (χ3v) is 4.28. The minimum atomic E-state index is 0.392. The molecule has 130 valence electrons. The lowest BCUT2D eigenvalue weighted by atomic mass is 10.2. The molecule has 0 atom stereocenters. The van der Waals surface area contributed by atoms with Crippen LogP contribution >= 0.6 is 23.2 Å². The third kappa shape index (κ3) is 4.89. The number of aromatic nitrogens is 1. The number of hydrogen-bond donors (Lipinski definition) is 1. The highest BCUT2D eigenvalue weighted by Gasteiger charge is 2.10. The first-order valence-electron chi connectivity index (χ1n) is 7.77. The van der Waals surface area contributed by atoms with E-state index in [9.17, 15) is 0 Å². The van der Waals surface area contributed by atoms with Gasteiger partial charge in [-0.15, -0.1) is 0 Å². The van der Waals surface area contributed by atoms with Crippen molar-refractivity contribution in [2.45, 2.75) is 33.9 Å². The zero-order chi connectivity index (χ0) is 17.7. The Bertz CT molecular complexity index is 708. The molecule has 0 unspecified atom stereocenters. The molecule has 0 aliphatic carbocycles. The van der Waals surface area contributed by atoms with Crippen LogP contribution in [0.5, 0.6) is 0 Å². The number of rotatable bonds is 5. The molecule has 0 radical (unpaired) electrons. The van der Waals surface area contributed by atoms with Crippen molar-refractivity contribution in [3.63, 3.8) is 0 Å². The zero-order valence-electron chi connectivity index (χ0n) is 14.4. The van der Waals surface area contributed by atoms with Crippen molar-refractivity contribution < 1.29 is 4.42 Å². The number of benzene rings is 1. The normalized spacial score (nSPS) is 11.7. The van der Waals surface area contributed by atoms with E-state index in [1.165, 1.54) is 0 Å². The van der Waals surface area contributed by atoms with Gasteiger partial charge in [0, 0.05) is 20.1 Å². The molecular formula is C17H22Cl2N4O. The van der Waals surface area contributed by atoms with Crippen LogP contribution in [0.3, 0.4) is 0 Å². The first kappa shape index (κ1) is 18.6. The molecule has 0 saturated heterocycles. The van der Waals surface area contributed by atoms with Crippen LogP contribution in [0.25, 0.3) is 0 Å². The monoisotopic (exact) mass is 368 g/mol. The van der Waals surface area contributed by atoms with Gasteiger partial charge < -0.3 is 14.6 Å². The maximum atomic E-state index is 6.08. The van der Waals surface area contributed by atoms with E-state index in [2.05, 4.69) is 15.3 Å². The van der Waals surface area contributed by atoms with E-state index < -0.39 is 0 Å². The smallest absolute Gasteiger partial charge is 0.216 e. The van der Waals surface area contributed by atoms with Crippen molar-refractivity contribution in [3.8, 4) is 0 Å². The van der Waals surface area contributed by atoms with E-state index in [4.69, 9.17) is 27.6 Å². The summed E-state index contributed by atoms with van der Waals surface area (Å²) < 4.78 is 5.57. The van der Waals surface area contributed by atoms with Crippen LogP contribution < -0.4 is 5.32 Å². The van der Waals surface area contributed by atoms with E-state index in [1.807, 2.05) is 44.9 Å². The van der Waals surface area contributed by atoms with Crippen molar-refractivity contribution in [1.29, 1.82) is 0 Å². The summed E-state index contributed by atoms with van der Waals surface area (Å²) >= 11 is 12.0. The summed E-state index contributed by atoms with van der Waals surface area (Å²) in [5, 5.41) is 4.37. The van der Waals surface area contributed by atoms with Gasteiger partial charge in [-0.25, -0.2) is 9.98 Å². The lowest BCUT2D eigenvalue weighted by molar-refractivity contribution is 0.458. The van der Waals surface area contributed by atoms with Crippen LogP contribution in [0.4, 0.5) is 0 Å². The molecule has 5 nitrogen and oxygen atoms in total. The highest BCUT2D eigenvalue weighted by molar-refractivity contribution is 6.42. The van der Waals surface area contributed by atoms with Gasteiger partial charge in [-0.1, -0.05) is 29.3 Å². The minimum Gasteiger partial charge on any atom is -0.444 e. The van der Waals surface area contributed by atoms with Crippen molar-refractivity contribution in [2.24, 2.45) is 4.99 Å². The Balaban J connectivity index is 2.09. The molecule has 1 aromatic carbocycles. The van der Waals surface area contributed by atoms with Crippen LogP contribution in [0, 0.1) is 13.8 Å². The molecule has 0 saturated carbocycles. The number of aliphatic imine (C=N–C) groups is 1. The molecule has 1 aromatic heterocycles. The van der Waals surface area contributed by atoms with Crippen LogP contribution in [0.1, 0.15) is 29.8 Å². The fraction of sp³-hybridized carbons (Fsp3) is 0.412. The molecule has 1 heterocycles. The van der Waals surface area contributed by atoms with Crippen LogP contribution in [-0.4, -0.2) is 29.4 Å². The summed E-state index contributed by atoms with van der Waals surface area (Å²) in [4.78, 5) is 11.0. The molecule has 2 aromatic rings. The van der Waals surface area contributed by atoms with Gasteiger partial charge >= 0.3 is 0 Å². The predicted molar refractivity (Wildman–Crippen MR) is 98.7 cm³/mol. The fourth-order valence-corrected chi connectivity index (χ4v) is 2.53. The van der Waals surface area contributed by atoms with Gasteiger partial charge in [0.2, 0.25) is 5.89 Å². The molecule has 0 fully saturated rings. The summed E-state index contributed by atoms with van der Waals surface area (Å²) in [6.07, 6.45) is 0. The second kappa shape index (κ2) is 8.40. The molecular weight excluding hydrogens is 347 g/mol. The summed E-state index contributed by atoms with van der Waals surface area (Å²) in [6, 6.07) is 5.62. The number of guanidine groups is 1. The minimum absolute atomic E-state index is 0.392. The molecule has 0 aliphatic rings. The Morgan fingerprint density at radius 3 is 2.62 bits per heavy atom. The Kier molecular flexibility index (Phi) is 6.52. The SMILES string of the molecule is CCNC(=NCc1nc(C)c(C)o1)N(C)Cc1ccc(Cl)c(Cl)c1. The molecule has 24 heavy (non-hydrogen) atoms. The predicted octanol–water partition coefficient (Wildman–Crippen LogP) is 4.20. The van der Waals surface area contributed by atoms with Gasteiger partial charge in [0.1, 0.15) is 12.3 Å². The number of hydrogen-bond acceptors (Lipinski definition) is 3. The highest BCUT2D eigenvalue weighted by Crippen LogP contribution is 2.23. The molecule has 0 amide bonds. The topological polar surface area (TPSA) is 53.7 Å². The number of nitrogens with one attached hydrogen (secondary N) is 1. The van der Waals surface area contributed by atoms with Gasteiger partial charge in [0.15, 0.2) is 5.96 Å². The first-order chi connectivity index (χ1) is 11.4. The molecule has 7 heteroatoms. The summed E-state index contributed by atoms with van der Waals surface area (Å²) in [6.45, 7) is 7.68. The van der Waals surface area contributed by atoms with Gasteiger partial charge in [0.25, 0.3) is 0 Å². The van der Waals surface area contributed by atoms with Gasteiger partial charge in [-0.2, -0.15) is 0 Å². The molecule has 0 aliphatic heterocycles. The molecule has 1 N–H and O–H groups in total. The third-order valence-electron chi connectivity index (χ3n) is 3.54. The number of nitrogens with zero attached hydrogens (tertiary/aromatic N) is 3. The summed E-state index contributed by atoms with van der Waals surface area (Å²) in [7, 11) is 1.97. The number of aryl methyl sites for hydroxylation is 2. The van der Waals surface area contributed by atoms with E-state index in [0.717, 1.165) is 29.5 Å². The Morgan fingerprint density at radius 1 is 1.29 bits per heavy atom. The first-order valence-corrected chi connectivity index (χ1v) is 8.52. The van der Waals surface area contributed by atoms with E-state index in [0.29, 0.717) is 29.0 Å². The van der Waals surface area contributed by atoms with E-state index in [-0.39, 0.29) is 0 Å². The van der Waals surface area contributed by atoms with Crippen LogP contribution in [-0.2, 0) is 13.1 Å². The average molecular weight is 369 g/mol. The van der Waals surface area contributed by atoms with Gasteiger partial charge in [-0.05, 0) is 38.5 Å². The molecule has 2 rings (SSSR count). The molecule has 0 bridgehead atoms. The lowest BCUT2D eigenvalue weighted by Crippen LogP contribution is -2.38. The number of oxazole rings is 1. The Labute approximate surface area is 152 Å². The number of halogens is 2. The summed E-state index contributed by atoms with van der Waals surface area (Å²) in [5.74, 6) is 2.22. The second-order valence-electron chi connectivity index (χ2n) is 5.52. The quantitative estimate of drug-likeness (QED) is 0.634. The van der Waals surface area contributed by atoms with Crippen molar-refractivity contribution in [3.05, 3.63) is 51.2 Å². The van der Waals surface area contributed by atoms with E-state index >= 15 is 0 Å². The Hall–Kier alpha value is -1.72. The fourth-order valence-electron chi connectivity index (χ4n) is 2.21.